The summed E-state index contributed by atoms with van der Waals surface area (Å²) in [5.74, 6) is 0.110. The number of hydrogen-bond acceptors (Lipinski definition) is 9. The van der Waals surface area contributed by atoms with Crippen LogP contribution in [0.5, 0.6) is 0 Å². The molecule has 13 heteroatoms. The number of nitrogens with one attached hydrogen (secondary N) is 2. The molecule has 0 spiro atoms. The van der Waals surface area contributed by atoms with E-state index in [0.717, 1.165) is 41.2 Å². The van der Waals surface area contributed by atoms with Gasteiger partial charge in [-0.25, -0.2) is 8.93 Å². The van der Waals surface area contributed by atoms with Gasteiger partial charge in [0.15, 0.2) is 0 Å². The van der Waals surface area contributed by atoms with E-state index in [9.17, 15) is 4.21 Å². The first-order valence-corrected chi connectivity index (χ1v) is 16.3. The number of nitrogens with two attached hydrogens (primary N) is 1. The second-order valence-corrected chi connectivity index (χ2v) is 11.7. The number of halogens is 2. The molecule has 0 radical (unpaired) electrons. The third-order valence-electron chi connectivity index (χ3n) is 5.81. The second-order valence-electron chi connectivity index (χ2n) is 8.89. The van der Waals surface area contributed by atoms with Crippen LogP contribution >= 0.6 is 35.1 Å². The number of benzene rings is 2. The predicted molar refractivity (Wildman–Crippen MR) is 166 cm³/mol. The molecule has 1 aliphatic heterocycles. The Hall–Kier alpha value is -0.800. The van der Waals surface area contributed by atoms with Crippen LogP contribution in [0.15, 0.2) is 41.3 Å². The van der Waals surface area contributed by atoms with E-state index in [1.165, 1.54) is 0 Å². The van der Waals surface area contributed by atoms with Crippen molar-refractivity contribution >= 4 is 46.1 Å². The molecule has 9 nitrogen and oxygen atoms in total. The molecular formula is C27H42Cl2N4O5S2. The minimum Gasteiger partial charge on any atom is -0.394 e. The third kappa shape index (κ3) is 13.0. The lowest BCUT2D eigenvalue weighted by Crippen LogP contribution is -2.31. The van der Waals surface area contributed by atoms with Gasteiger partial charge in [0.25, 0.3) is 0 Å². The maximum Gasteiger partial charge on any atom is 0.124 e. The Balaban J connectivity index is 0.000000536. The maximum atomic E-state index is 12.7. The molecule has 1 heterocycles. The first-order valence-electron chi connectivity index (χ1n) is 13.1. The number of fused-ring (bicyclic) bond motifs is 1. The van der Waals surface area contributed by atoms with E-state index in [0.29, 0.717) is 62.8 Å². The number of likely N-dealkylation sites (N-methyl/N-ethyl adjacent to an activating group) is 1. The molecule has 0 aromatic heterocycles. The number of hydrogen-bond donors (Lipinski definition) is 4. The highest BCUT2D eigenvalue weighted by Gasteiger charge is 2.27. The van der Waals surface area contributed by atoms with Gasteiger partial charge in [-0.05, 0) is 54.3 Å². The molecule has 40 heavy (non-hydrogen) atoms. The fourth-order valence-corrected chi connectivity index (χ4v) is 5.79. The molecule has 2 aromatic carbocycles. The molecule has 0 saturated heterocycles. The normalized spacial score (nSPS) is 15.8. The van der Waals surface area contributed by atoms with Gasteiger partial charge in [-0.3, -0.25) is 4.72 Å². The van der Waals surface area contributed by atoms with E-state index in [1.807, 2.05) is 30.5 Å². The molecule has 3 rings (SSSR count). The number of nitrogens with zero attached hydrogens (tertiary/aromatic N) is 1. The van der Waals surface area contributed by atoms with Gasteiger partial charge in [0.05, 0.1) is 51.1 Å². The molecular weight excluding hydrogens is 595 g/mol. The zero-order valence-corrected chi connectivity index (χ0v) is 26.3. The van der Waals surface area contributed by atoms with Crippen LogP contribution in [0.25, 0.3) is 0 Å². The summed E-state index contributed by atoms with van der Waals surface area (Å²) in [6.45, 7) is 6.64. The summed E-state index contributed by atoms with van der Waals surface area (Å²) in [5.41, 5.74) is 8.68. The Morgan fingerprint density at radius 3 is 2.52 bits per heavy atom. The molecule has 2 unspecified atom stereocenters. The average Bonchev–Trinajstić information content (AvgIpc) is 2.95. The summed E-state index contributed by atoms with van der Waals surface area (Å²) in [6, 6.07) is 11.7. The Morgan fingerprint density at radius 1 is 1.07 bits per heavy atom. The van der Waals surface area contributed by atoms with Crippen LogP contribution in [0.1, 0.15) is 22.6 Å². The van der Waals surface area contributed by atoms with E-state index >= 15 is 0 Å². The van der Waals surface area contributed by atoms with E-state index in [-0.39, 0.29) is 12.5 Å². The Morgan fingerprint density at radius 2 is 1.80 bits per heavy atom. The molecule has 0 amide bonds. The molecule has 2 atom stereocenters. The first kappa shape index (κ1) is 35.4. The van der Waals surface area contributed by atoms with Crippen molar-refractivity contribution in [2.45, 2.75) is 17.4 Å². The lowest BCUT2D eigenvalue weighted by molar-refractivity contribution is 0.0531. The first-order chi connectivity index (χ1) is 19.4. The van der Waals surface area contributed by atoms with Crippen LogP contribution in [0.3, 0.4) is 0 Å². The fourth-order valence-electron chi connectivity index (χ4n) is 4.05. The van der Waals surface area contributed by atoms with Crippen LogP contribution in [0, 0.1) is 0 Å². The molecule has 0 saturated carbocycles. The van der Waals surface area contributed by atoms with Gasteiger partial charge in [0.1, 0.15) is 11.0 Å². The van der Waals surface area contributed by atoms with Crippen molar-refractivity contribution < 1.29 is 23.5 Å². The van der Waals surface area contributed by atoms with E-state index < -0.39 is 11.0 Å². The highest BCUT2D eigenvalue weighted by atomic mass is 35.5. The molecule has 2 aromatic rings. The van der Waals surface area contributed by atoms with Crippen LogP contribution in [-0.4, -0.2) is 99.9 Å². The van der Waals surface area contributed by atoms with Crippen molar-refractivity contribution in [1.82, 2.24) is 14.3 Å². The van der Waals surface area contributed by atoms with E-state index in [1.54, 1.807) is 18.0 Å². The summed E-state index contributed by atoms with van der Waals surface area (Å²) >= 11 is 14.3. The highest BCUT2D eigenvalue weighted by molar-refractivity contribution is 7.96. The Kier molecular flexibility index (Phi) is 18.6. The Bertz CT molecular complexity index is 1020. The van der Waals surface area contributed by atoms with Crippen molar-refractivity contribution in [1.29, 1.82) is 0 Å². The monoisotopic (exact) mass is 636 g/mol. The summed E-state index contributed by atoms with van der Waals surface area (Å²) < 4.78 is 34.4. The van der Waals surface area contributed by atoms with Crippen molar-refractivity contribution in [3.05, 3.63) is 63.1 Å². The van der Waals surface area contributed by atoms with Crippen molar-refractivity contribution in [2.24, 2.45) is 5.73 Å². The fraction of sp³-hybridized carbons (Fsp3) is 0.556. The van der Waals surface area contributed by atoms with Crippen molar-refractivity contribution in [3.8, 4) is 0 Å². The maximum absolute atomic E-state index is 12.7. The lowest BCUT2D eigenvalue weighted by atomic mass is 9.85. The van der Waals surface area contributed by atoms with Gasteiger partial charge in [0.2, 0.25) is 0 Å². The summed E-state index contributed by atoms with van der Waals surface area (Å²) in [4.78, 5) is 2.97. The smallest absolute Gasteiger partial charge is 0.124 e. The third-order valence-corrected chi connectivity index (χ3v) is 8.01. The second kappa shape index (κ2) is 21.0. The summed E-state index contributed by atoms with van der Waals surface area (Å²) in [5, 5.41) is 9.59. The highest BCUT2D eigenvalue weighted by Crippen LogP contribution is 2.38. The molecule has 1 aliphatic rings. The van der Waals surface area contributed by atoms with Crippen molar-refractivity contribution in [2.75, 3.05) is 85.7 Å². The molecule has 0 fully saturated rings. The number of aliphatic hydroxyl groups is 1. The average molecular weight is 638 g/mol. The number of rotatable bonds is 17. The van der Waals surface area contributed by atoms with Gasteiger partial charge in [-0.1, -0.05) is 47.3 Å². The summed E-state index contributed by atoms with van der Waals surface area (Å²) in [7, 11) is 0.748. The van der Waals surface area contributed by atoms with Gasteiger partial charge in [-0.2, -0.15) is 0 Å². The van der Waals surface area contributed by atoms with E-state index in [4.69, 9.17) is 48.3 Å². The zero-order valence-electron chi connectivity index (χ0n) is 23.2. The quantitative estimate of drug-likeness (QED) is 0.153. The van der Waals surface area contributed by atoms with Crippen LogP contribution in [0.2, 0.25) is 10.0 Å². The van der Waals surface area contributed by atoms with Gasteiger partial charge in [-0.15, -0.1) is 0 Å². The molecule has 0 aliphatic carbocycles. The van der Waals surface area contributed by atoms with Crippen LogP contribution < -0.4 is 15.2 Å². The summed E-state index contributed by atoms with van der Waals surface area (Å²) in [6.07, 6.45) is 1.96. The Labute approximate surface area is 255 Å². The van der Waals surface area contributed by atoms with Crippen LogP contribution in [0.4, 0.5) is 0 Å². The minimum absolute atomic E-state index is 0.110. The van der Waals surface area contributed by atoms with Crippen LogP contribution in [-0.2, 0) is 31.7 Å². The minimum atomic E-state index is -1.33. The molecule has 0 bridgehead atoms. The van der Waals surface area contributed by atoms with E-state index in [2.05, 4.69) is 27.5 Å². The van der Waals surface area contributed by atoms with Gasteiger partial charge < -0.3 is 30.0 Å². The largest absolute Gasteiger partial charge is 0.394 e. The zero-order chi connectivity index (χ0) is 29.2. The van der Waals surface area contributed by atoms with Crippen molar-refractivity contribution in [3.63, 3.8) is 0 Å². The predicted octanol–water partition coefficient (Wildman–Crippen LogP) is 3.04. The molecule has 5 N–H and O–H groups in total. The molecule has 226 valence electrons. The van der Waals surface area contributed by atoms with Gasteiger partial charge in [0, 0.05) is 48.7 Å². The SMILES string of the molecule is CN1Cc2c(Cl)cc(Cl)cc2C(c2cccc(S(=O)NCCOCCOCCN)c2)C1.CSNCCOCCO. The lowest BCUT2D eigenvalue weighted by Gasteiger charge is -2.33. The van der Waals surface area contributed by atoms with Gasteiger partial charge >= 0.3 is 0 Å². The topological polar surface area (TPSA) is 118 Å². The number of aliphatic hydroxyl groups excluding tert-OH is 1. The number of ether oxygens (including phenoxy) is 3. The standard InChI is InChI=1S/C22H29Cl2N3O3S.C5H13NO2S/c1-27-14-20(19-12-17(23)13-22(24)21(19)15-27)16-3-2-4-18(11-16)31(28)26-6-8-30-10-9-29-7-5-25;1-9-6-2-4-8-5-3-7/h2-4,11-13,20,26H,5-10,14-15,25H2,1H3;6-7H,2-5H2,1H3.